The van der Waals surface area contributed by atoms with Crippen molar-refractivity contribution in [3.05, 3.63) is 29.8 Å². The predicted octanol–water partition coefficient (Wildman–Crippen LogP) is 1.65. The Morgan fingerprint density at radius 2 is 1.81 bits per heavy atom. The molecule has 0 radical (unpaired) electrons. The van der Waals surface area contributed by atoms with Crippen LogP contribution < -0.4 is 5.46 Å². The van der Waals surface area contributed by atoms with Gasteiger partial charge in [0.05, 0.1) is 0 Å². The van der Waals surface area contributed by atoms with Crippen LogP contribution in [0.1, 0.15) is 25.8 Å². The second-order valence-corrected chi connectivity index (χ2v) is 5.46. The van der Waals surface area contributed by atoms with Crippen molar-refractivity contribution in [2.45, 2.75) is 26.0 Å². The molecule has 1 aromatic rings. The Morgan fingerprint density at radius 3 is 2.31 bits per heavy atom. The third-order valence-electron chi connectivity index (χ3n) is 2.39. The topological polar surface area (TPSA) is 40.5 Å². The monoisotopic (exact) mass is 238 g/mol. The lowest BCUT2D eigenvalue weighted by Gasteiger charge is -2.05. The van der Waals surface area contributed by atoms with Gasteiger partial charge in [0.2, 0.25) is 0 Å². The van der Waals surface area contributed by atoms with Crippen LogP contribution in [-0.4, -0.2) is 22.9 Å². The molecule has 4 heteroatoms. The summed E-state index contributed by atoms with van der Waals surface area (Å²) in [5.41, 5.74) is 1.79. The zero-order valence-electron chi connectivity index (χ0n) is 9.89. The van der Waals surface area contributed by atoms with Crippen molar-refractivity contribution in [1.82, 2.24) is 0 Å². The average molecular weight is 238 g/mol. The third-order valence-corrected chi connectivity index (χ3v) is 3.45. The summed E-state index contributed by atoms with van der Waals surface area (Å²) in [6.07, 6.45) is 1.25. The van der Waals surface area contributed by atoms with E-state index in [-0.39, 0.29) is 0 Å². The molecule has 0 aliphatic heterocycles. The first-order valence-corrected chi connectivity index (χ1v) is 6.77. The van der Waals surface area contributed by atoms with Crippen LogP contribution in [0.3, 0.4) is 0 Å². The first kappa shape index (κ1) is 13.6. The molecule has 16 heavy (non-hydrogen) atoms. The van der Waals surface area contributed by atoms with Crippen LogP contribution >= 0.6 is 11.8 Å². The van der Waals surface area contributed by atoms with Crippen molar-refractivity contribution in [3.8, 4) is 0 Å². The molecule has 1 aromatic carbocycles. The Kier molecular flexibility index (Phi) is 5.95. The number of rotatable bonds is 6. The van der Waals surface area contributed by atoms with Crippen molar-refractivity contribution < 1.29 is 10.0 Å². The molecule has 0 fully saturated rings. The maximum absolute atomic E-state index is 8.94. The average Bonchev–Trinajstić information content (AvgIpc) is 2.25. The first-order chi connectivity index (χ1) is 7.59. The zero-order valence-corrected chi connectivity index (χ0v) is 10.7. The van der Waals surface area contributed by atoms with Gasteiger partial charge >= 0.3 is 7.12 Å². The molecule has 0 saturated heterocycles. The fraction of sp³-hybridized carbons (Fsp3) is 0.500. The van der Waals surface area contributed by atoms with E-state index in [0.29, 0.717) is 5.46 Å². The van der Waals surface area contributed by atoms with Crippen LogP contribution in [-0.2, 0) is 5.75 Å². The Labute approximate surface area is 102 Å². The molecule has 2 nitrogen and oxygen atoms in total. The number of hydrogen-bond donors (Lipinski definition) is 2. The Morgan fingerprint density at radius 1 is 1.19 bits per heavy atom. The lowest BCUT2D eigenvalue weighted by Crippen LogP contribution is -2.29. The first-order valence-electron chi connectivity index (χ1n) is 5.62. The highest BCUT2D eigenvalue weighted by atomic mass is 32.2. The Hall–Kier alpha value is -0.445. The summed E-state index contributed by atoms with van der Waals surface area (Å²) < 4.78 is 0. The van der Waals surface area contributed by atoms with Gasteiger partial charge in [-0.25, -0.2) is 0 Å². The smallest absolute Gasteiger partial charge is 0.423 e. The van der Waals surface area contributed by atoms with Gasteiger partial charge in [0.15, 0.2) is 0 Å². The molecule has 0 aromatic heterocycles. The normalized spacial score (nSPS) is 10.8. The Balaban J connectivity index is 2.32. The van der Waals surface area contributed by atoms with Gasteiger partial charge in [0.25, 0.3) is 0 Å². The van der Waals surface area contributed by atoms with Gasteiger partial charge in [-0.15, -0.1) is 0 Å². The molecule has 0 heterocycles. The molecule has 0 spiro atoms. The van der Waals surface area contributed by atoms with E-state index in [1.54, 1.807) is 12.1 Å². The molecule has 0 aliphatic rings. The van der Waals surface area contributed by atoms with Gasteiger partial charge in [-0.1, -0.05) is 38.1 Å². The molecule has 0 amide bonds. The van der Waals surface area contributed by atoms with Gasteiger partial charge in [0, 0.05) is 5.75 Å². The van der Waals surface area contributed by atoms with Crippen molar-refractivity contribution in [2.75, 3.05) is 5.75 Å². The Bertz CT molecular complexity index is 298. The van der Waals surface area contributed by atoms with Crippen LogP contribution in [0.25, 0.3) is 0 Å². The standard InChI is InChI=1S/C12H19BO2S/c1-10(2)7-8-16-9-11-3-5-12(6-4-11)13(14)15/h3-6,10,14-15H,7-9H2,1-2H3. The van der Waals surface area contributed by atoms with Gasteiger partial charge < -0.3 is 10.0 Å². The van der Waals surface area contributed by atoms with E-state index in [2.05, 4.69) is 13.8 Å². The highest BCUT2D eigenvalue weighted by Gasteiger charge is 2.09. The van der Waals surface area contributed by atoms with Crippen LogP contribution in [0.2, 0.25) is 0 Å². The summed E-state index contributed by atoms with van der Waals surface area (Å²) in [4.78, 5) is 0. The molecule has 0 unspecified atom stereocenters. The van der Waals surface area contributed by atoms with Gasteiger partial charge in [-0.3, -0.25) is 0 Å². The van der Waals surface area contributed by atoms with Gasteiger partial charge in [-0.2, -0.15) is 11.8 Å². The summed E-state index contributed by atoms with van der Waals surface area (Å²) >= 11 is 1.92. The SMILES string of the molecule is CC(C)CCSCc1ccc(B(O)O)cc1. The highest BCUT2D eigenvalue weighted by Crippen LogP contribution is 2.14. The van der Waals surface area contributed by atoms with E-state index in [1.807, 2.05) is 23.9 Å². The minimum atomic E-state index is -1.36. The number of thioether (sulfide) groups is 1. The van der Waals surface area contributed by atoms with Crippen LogP contribution in [0, 0.1) is 5.92 Å². The predicted molar refractivity (Wildman–Crippen MR) is 71.9 cm³/mol. The largest absolute Gasteiger partial charge is 0.488 e. The van der Waals surface area contributed by atoms with E-state index in [9.17, 15) is 0 Å². The van der Waals surface area contributed by atoms with Crippen molar-refractivity contribution in [1.29, 1.82) is 0 Å². The number of benzene rings is 1. The highest BCUT2D eigenvalue weighted by molar-refractivity contribution is 7.98. The lowest BCUT2D eigenvalue weighted by atomic mass is 9.80. The molecule has 0 bridgehead atoms. The third kappa shape index (κ3) is 5.06. The van der Waals surface area contributed by atoms with E-state index in [0.717, 1.165) is 11.7 Å². The second-order valence-electron chi connectivity index (χ2n) is 4.35. The van der Waals surface area contributed by atoms with Gasteiger partial charge in [-0.05, 0) is 29.1 Å². The molecular formula is C12H19BO2S. The lowest BCUT2D eigenvalue weighted by molar-refractivity contribution is 0.426. The molecule has 2 N–H and O–H groups in total. The second kappa shape index (κ2) is 6.99. The summed E-state index contributed by atoms with van der Waals surface area (Å²) in [5, 5.41) is 17.9. The molecule has 0 aliphatic carbocycles. The molecule has 1 rings (SSSR count). The quantitative estimate of drug-likeness (QED) is 0.584. The molecule has 0 saturated carbocycles. The summed E-state index contributed by atoms with van der Waals surface area (Å²) in [6.45, 7) is 4.47. The molecule has 88 valence electrons. The molecule has 0 atom stereocenters. The van der Waals surface area contributed by atoms with Gasteiger partial charge in [0.1, 0.15) is 0 Å². The van der Waals surface area contributed by atoms with Crippen molar-refractivity contribution in [3.63, 3.8) is 0 Å². The minimum Gasteiger partial charge on any atom is -0.423 e. The van der Waals surface area contributed by atoms with E-state index < -0.39 is 7.12 Å². The van der Waals surface area contributed by atoms with Crippen molar-refractivity contribution in [2.24, 2.45) is 5.92 Å². The summed E-state index contributed by atoms with van der Waals surface area (Å²) in [7, 11) is -1.36. The van der Waals surface area contributed by atoms with Crippen LogP contribution in [0.15, 0.2) is 24.3 Å². The number of hydrogen-bond acceptors (Lipinski definition) is 3. The fourth-order valence-electron chi connectivity index (χ4n) is 1.30. The van der Waals surface area contributed by atoms with Crippen LogP contribution in [0.5, 0.6) is 0 Å². The van der Waals surface area contributed by atoms with E-state index in [1.165, 1.54) is 17.7 Å². The maximum atomic E-state index is 8.94. The minimum absolute atomic E-state index is 0.552. The van der Waals surface area contributed by atoms with E-state index >= 15 is 0 Å². The molecular weight excluding hydrogens is 219 g/mol. The maximum Gasteiger partial charge on any atom is 0.488 e. The summed E-state index contributed by atoms with van der Waals surface area (Å²) in [6, 6.07) is 7.44. The summed E-state index contributed by atoms with van der Waals surface area (Å²) in [5.74, 6) is 2.94. The van der Waals surface area contributed by atoms with Crippen LogP contribution in [0.4, 0.5) is 0 Å². The van der Waals surface area contributed by atoms with Crippen molar-refractivity contribution >= 4 is 24.3 Å². The fourth-order valence-corrected chi connectivity index (χ4v) is 2.51. The zero-order chi connectivity index (χ0) is 12.0. The van der Waals surface area contributed by atoms with E-state index in [4.69, 9.17) is 10.0 Å².